The van der Waals surface area contributed by atoms with Gasteiger partial charge in [-0.15, -0.1) is 0 Å². The van der Waals surface area contributed by atoms with Crippen LogP contribution in [0.3, 0.4) is 0 Å². The van der Waals surface area contributed by atoms with Gasteiger partial charge in [-0.25, -0.2) is 4.98 Å². The summed E-state index contributed by atoms with van der Waals surface area (Å²) in [6.45, 7) is 5.29. The van der Waals surface area contributed by atoms with Crippen molar-refractivity contribution in [1.29, 1.82) is 5.41 Å². The highest BCUT2D eigenvalue weighted by atomic mass is 32.2. The van der Waals surface area contributed by atoms with Gasteiger partial charge in [0, 0.05) is 24.5 Å². The fourth-order valence-electron chi connectivity index (χ4n) is 3.56. The van der Waals surface area contributed by atoms with Crippen LogP contribution in [-0.2, 0) is 16.0 Å². The molecule has 1 aliphatic rings. The molecule has 9 heteroatoms. The summed E-state index contributed by atoms with van der Waals surface area (Å²) in [5.74, 6) is 0.135. The number of hydrogen-bond donors (Lipinski definition) is 3. The first-order valence-electron chi connectivity index (χ1n) is 10.2. The molecule has 1 saturated heterocycles. The highest BCUT2D eigenvalue weighted by Crippen LogP contribution is 2.22. The van der Waals surface area contributed by atoms with Gasteiger partial charge in [0.1, 0.15) is 5.49 Å². The number of fused-ring (bicyclic) bond motifs is 1. The molecule has 0 radical (unpaired) electrons. The van der Waals surface area contributed by atoms with E-state index in [4.69, 9.17) is 10.1 Å². The lowest BCUT2D eigenvalue weighted by molar-refractivity contribution is -0.119. The molecule has 1 aliphatic heterocycles. The number of nitrogens with one attached hydrogen (secondary N) is 3. The van der Waals surface area contributed by atoms with Crippen LogP contribution in [0.5, 0.6) is 0 Å². The number of thioether (sulfide) groups is 1. The predicted octanol–water partition coefficient (Wildman–Crippen LogP) is 2.49. The monoisotopic (exact) mass is 426 g/mol. The maximum atomic E-state index is 12.4. The molecule has 3 heterocycles. The van der Waals surface area contributed by atoms with Crippen LogP contribution in [0.25, 0.3) is 16.7 Å². The summed E-state index contributed by atoms with van der Waals surface area (Å²) in [5.41, 5.74) is 3.66. The predicted molar refractivity (Wildman–Crippen MR) is 116 cm³/mol. The van der Waals surface area contributed by atoms with Gasteiger partial charge in [0.15, 0.2) is 10.8 Å². The molecular formula is C21H26N6O2S. The second-order valence-electron chi connectivity index (χ2n) is 7.37. The number of amides is 1. The first kappa shape index (κ1) is 20.6. The Labute approximate surface area is 178 Å². The summed E-state index contributed by atoms with van der Waals surface area (Å²) in [4.78, 5) is 17.0. The van der Waals surface area contributed by atoms with Crippen molar-refractivity contribution in [3.8, 4) is 5.69 Å². The number of rotatable bonds is 7. The molecule has 3 N–H and O–H groups in total. The topological polar surface area (TPSA) is 109 Å². The summed E-state index contributed by atoms with van der Waals surface area (Å²) in [6, 6.07) is 8.08. The van der Waals surface area contributed by atoms with Crippen molar-refractivity contribution in [3.63, 3.8) is 0 Å². The van der Waals surface area contributed by atoms with Gasteiger partial charge in [-0.3, -0.25) is 19.9 Å². The van der Waals surface area contributed by atoms with Gasteiger partial charge < -0.3 is 10.1 Å². The fraction of sp³-hybridized carbons (Fsp3) is 0.429. The molecule has 0 aliphatic carbocycles. The van der Waals surface area contributed by atoms with Crippen LogP contribution in [0.4, 0.5) is 0 Å². The Morgan fingerprint density at radius 3 is 2.90 bits per heavy atom. The minimum atomic E-state index is -0.0741. The van der Waals surface area contributed by atoms with Crippen molar-refractivity contribution < 1.29 is 9.53 Å². The summed E-state index contributed by atoms with van der Waals surface area (Å²) < 4.78 is 7.33. The van der Waals surface area contributed by atoms with E-state index in [9.17, 15) is 4.79 Å². The van der Waals surface area contributed by atoms with Gasteiger partial charge in [0.05, 0.1) is 17.2 Å². The number of ether oxygens (including phenoxy) is 1. The molecule has 30 heavy (non-hydrogen) atoms. The maximum Gasteiger partial charge on any atom is 0.230 e. The molecule has 4 rings (SSSR count). The third kappa shape index (κ3) is 4.27. The number of carbonyl (C=O) groups is 1. The Kier molecular flexibility index (Phi) is 6.19. The quantitative estimate of drug-likeness (QED) is 0.397. The molecule has 0 bridgehead atoms. The molecule has 0 spiro atoms. The number of aryl methyl sites for hydroxylation is 2. The van der Waals surface area contributed by atoms with E-state index in [1.165, 1.54) is 17.3 Å². The molecule has 2 aromatic heterocycles. The lowest BCUT2D eigenvalue weighted by Crippen LogP contribution is -2.33. The van der Waals surface area contributed by atoms with Gasteiger partial charge in [0.2, 0.25) is 5.91 Å². The summed E-state index contributed by atoms with van der Waals surface area (Å²) >= 11 is 1.31. The minimum Gasteiger partial charge on any atom is -0.376 e. The normalized spacial score (nSPS) is 16.3. The average Bonchev–Trinajstić information content (AvgIpc) is 3.41. The highest BCUT2D eigenvalue weighted by Gasteiger charge is 2.18. The fourth-order valence-corrected chi connectivity index (χ4v) is 4.40. The lowest BCUT2D eigenvalue weighted by Gasteiger charge is -2.14. The molecular weight excluding hydrogens is 400 g/mol. The number of aromatic amines is 1. The summed E-state index contributed by atoms with van der Waals surface area (Å²) in [7, 11) is 0. The first-order chi connectivity index (χ1) is 14.6. The summed E-state index contributed by atoms with van der Waals surface area (Å²) in [6.07, 6.45) is 3.09. The molecule has 1 aromatic carbocycles. The molecule has 1 atom stereocenters. The number of carbonyl (C=O) groups excluding carboxylic acids is 1. The van der Waals surface area contributed by atoms with Crippen LogP contribution < -0.4 is 10.8 Å². The van der Waals surface area contributed by atoms with E-state index in [1.54, 1.807) is 4.57 Å². The Morgan fingerprint density at radius 2 is 2.20 bits per heavy atom. The zero-order valence-corrected chi connectivity index (χ0v) is 18.0. The van der Waals surface area contributed by atoms with Crippen molar-refractivity contribution >= 4 is 28.7 Å². The number of nitrogens with zero attached hydrogens (tertiary/aromatic N) is 3. The van der Waals surface area contributed by atoms with E-state index in [0.717, 1.165) is 37.3 Å². The standard InChI is InChI=1S/C21H26N6O2S/c1-3-14-6-8-15(9-7-14)27-19(22)18-13(2)25-26-20(18)24-21(27)30-12-17(28)23-11-16-5-4-10-29-16/h6-9,16,22H,3-5,10-12H2,1-2H3,(H,23,28)(H,25,26)/t16-/m0/s1. The van der Waals surface area contributed by atoms with Crippen LogP contribution in [0.2, 0.25) is 0 Å². The van der Waals surface area contributed by atoms with Crippen molar-refractivity contribution in [2.24, 2.45) is 0 Å². The zero-order chi connectivity index (χ0) is 21.1. The molecule has 0 unspecified atom stereocenters. The van der Waals surface area contributed by atoms with E-state index in [-0.39, 0.29) is 17.8 Å². The number of benzene rings is 1. The molecule has 1 amide bonds. The van der Waals surface area contributed by atoms with Gasteiger partial charge in [0.25, 0.3) is 0 Å². The number of H-pyrrole nitrogens is 1. The molecule has 8 nitrogen and oxygen atoms in total. The second-order valence-corrected chi connectivity index (χ2v) is 8.32. The van der Waals surface area contributed by atoms with Crippen molar-refractivity contribution in [1.82, 2.24) is 25.1 Å². The molecule has 3 aromatic rings. The Balaban J connectivity index is 1.60. The van der Waals surface area contributed by atoms with E-state index in [2.05, 4.69) is 39.6 Å². The van der Waals surface area contributed by atoms with Crippen LogP contribution in [-0.4, -0.2) is 50.7 Å². The van der Waals surface area contributed by atoms with Crippen molar-refractivity contribution in [2.75, 3.05) is 18.9 Å². The average molecular weight is 427 g/mol. The van der Waals surface area contributed by atoms with Crippen LogP contribution >= 0.6 is 11.8 Å². The largest absolute Gasteiger partial charge is 0.376 e. The third-order valence-corrected chi connectivity index (χ3v) is 6.21. The molecule has 158 valence electrons. The van der Waals surface area contributed by atoms with Crippen LogP contribution in [0.15, 0.2) is 29.4 Å². The first-order valence-corrected chi connectivity index (χ1v) is 11.2. The summed E-state index contributed by atoms with van der Waals surface area (Å²) in [5, 5.41) is 20.1. The zero-order valence-electron chi connectivity index (χ0n) is 17.2. The number of hydrogen-bond acceptors (Lipinski definition) is 6. The van der Waals surface area contributed by atoms with Crippen molar-refractivity contribution in [2.45, 2.75) is 44.4 Å². The molecule has 0 saturated carbocycles. The van der Waals surface area contributed by atoms with Gasteiger partial charge in [-0.1, -0.05) is 30.8 Å². The second kappa shape index (κ2) is 9.01. The van der Waals surface area contributed by atoms with E-state index >= 15 is 0 Å². The lowest BCUT2D eigenvalue weighted by atomic mass is 10.1. The maximum absolute atomic E-state index is 12.4. The molecule has 1 fully saturated rings. The van der Waals surface area contributed by atoms with Gasteiger partial charge >= 0.3 is 0 Å². The number of aromatic nitrogens is 4. The van der Waals surface area contributed by atoms with Crippen molar-refractivity contribution in [3.05, 3.63) is 41.0 Å². The van der Waals surface area contributed by atoms with E-state index in [0.29, 0.717) is 28.2 Å². The van der Waals surface area contributed by atoms with E-state index in [1.807, 2.05) is 19.1 Å². The van der Waals surface area contributed by atoms with Crippen LogP contribution in [0.1, 0.15) is 31.0 Å². The van der Waals surface area contributed by atoms with E-state index < -0.39 is 0 Å². The SMILES string of the molecule is CCc1ccc(-n2c(SCC(=O)NC[C@@H]3CCCO3)nc3n[nH]c(C)c3c2=N)cc1. The smallest absolute Gasteiger partial charge is 0.230 e. The Hall–Kier alpha value is -2.65. The Morgan fingerprint density at radius 1 is 1.40 bits per heavy atom. The minimum absolute atomic E-state index is 0.0741. The van der Waals surface area contributed by atoms with Gasteiger partial charge in [-0.2, -0.15) is 5.10 Å². The highest BCUT2D eigenvalue weighted by molar-refractivity contribution is 7.99. The van der Waals surface area contributed by atoms with Gasteiger partial charge in [-0.05, 0) is 43.9 Å². The Bertz CT molecular complexity index is 1100. The third-order valence-electron chi connectivity index (χ3n) is 5.27. The van der Waals surface area contributed by atoms with Crippen LogP contribution in [0, 0.1) is 12.3 Å².